The van der Waals surface area contributed by atoms with Crippen LogP contribution in [0.3, 0.4) is 0 Å². The Morgan fingerprint density at radius 1 is 0.667 bits per heavy atom. The maximum atomic E-state index is 13.4. The van der Waals surface area contributed by atoms with Crippen LogP contribution in [0.1, 0.15) is 61.2 Å². The zero-order chi connectivity index (χ0) is 29.8. The molecule has 0 aromatic heterocycles. The van der Waals surface area contributed by atoms with Gasteiger partial charge in [-0.05, 0) is 70.8 Å². The molecule has 10 nitrogen and oxygen atoms in total. The zero-order valence-electron chi connectivity index (χ0n) is 22.7. The van der Waals surface area contributed by atoms with Gasteiger partial charge in [-0.2, -0.15) is 0 Å². The second-order valence-corrected chi connectivity index (χ2v) is 11.4. The molecule has 0 unspecified atom stereocenters. The molecule has 4 N–H and O–H groups in total. The second kappa shape index (κ2) is 8.98. The van der Waals surface area contributed by atoms with Gasteiger partial charge in [0.2, 0.25) is 0 Å². The molecule has 7 rings (SSSR count). The number of aromatic hydroxyl groups is 2. The van der Waals surface area contributed by atoms with E-state index in [1.54, 1.807) is 26.0 Å². The van der Waals surface area contributed by atoms with E-state index >= 15 is 0 Å². The minimum Gasteiger partial charge on any atom is -0.507 e. The number of fused-ring (bicyclic) bond motifs is 6. The summed E-state index contributed by atoms with van der Waals surface area (Å²) in [5.74, 6) is -2.54. The lowest BCUT2D eigenvalue weighted by molar-refractivity contribution is -0.142. The molecule has 2 aliphatic heterocycles. The fourth-order valence-corrected chi connectivity index (χ4v) is 7.49. The smallest absolute Gasteiger partial charge is 0.305 e. The van der Waals surface area contributed by atoms with Crippen molar-refractivity contribution < 1.29 is 39.5 Å². The van der Waals surface area contributed by atoms with Gasteiger partial charge in [-0.15, -0.1) is 0 Å². The number of carbonyl (C=O) groups is 2. The molecule has 10 heteroatoms. The average Bonchev–Trinajstić information content (AvgIpc) is 2.89. The zero-order valence-corrected chi connectivity index (χ0v) is 22.7. The van der Waals surface area contributed by atoms with Gasteiger partial charge in [0.15, 0.2) is 10.9 Å². The Morgan fingerprint density at radius 2 is 1.05 bits per heavy atom. The number of ether oxygens (including phenoxy) is 2. The minimum absolute atomic E-state index is 0.0856. The molecule has 42 heavy (non-hydrogen) atoms. The molecular formula is C32H26O10. The SMILES string of the molecule is C[C@H]1O[C@H](CC(=O)O)Cc2c1c(O)c1c(=O)ccc3c4c5c(c(O)c6c(=O)ccc(c2c13)c64)[C@@H](C)O[C@H](CC(=O)O)C5. The van der Waals surface area contributed by atoms with Gasteiger partial charge in [0.1, 0.15) is 11.5 Å². The lowest BCUT2D eigenvalue weighted by Gasteiger charge is -2.34. The van der Waals surface area contributed by atoms with Crippen LogP contribution in [0.5, 0.6) is 11.5 Å². The van der Waals surface area contributed by atoms with Crippen molar-refractivity contribution in [1.29, 1.82) is 0 Å². The Bertz CT molecular complexity index is 1970. The number of carboxylic acids is 2. The molecule has 4 atom stereocenters. The first-order chi connectivity index (χ1) is 20.0. The molecule has 5 aromatic rings. The summed E-state index contributed by atoms with van der Waals surface area (Å²) in [7, 11) is 0. The third kappa shape index (κ3) is 3.51. The molecule has 0 spiro atoms. The van der Waals surface area contributed by atoms with Crippen LogP contribution in [0, 0.1) is 0 Å². The number of benzene rings is 5. The first kappa shape index (κ1) is 26.4. The highest BCUT2D eigenvalue weighted by Crippen LogP contribution is 2.53. The summed E-state index contributed by atoms with van der Waals surface area (Å²) in [6, 6.07) is 5.97. The normalized spacial score (nSPS) is 22.1. The molecule has 0 saturated heterocycles. The number of aliphatic carboxylic acids is 2. The van der Waals surface area contributed by atoms with Crippen molar-refractivity contribution in [1.82, 2.24) is 0 Å². The van der Waals surface area contributed by atoms with Crippen LogP contribution in [-0.2, 0) is 31.9 Å². The summed E-state index contributed by atoms with van der Waals surface area (Å²) in [5, 5.41) is 45.5. The number of phenolic OH excluding ortho intramolecular Hbond substituents is 2. The van der Waals surface area contributed by atoms with Crippen LogP contribution in [0.4, 0.5) is 0 Å². The fourth-order valence-electron chi connectivity index (χ4n) is 7.49. The molecule has 2 heterocycles. The molecule has 0 radical (unpaired) electrons. The van der Waals surface area contributed by atoms with Crippen molar-refractivity contribution in [3.63, 3.8) is 0 Å². The predicted octanol–water partition coefficient (Wildman–Crippen LogP) is 4.26. The summed E-state index contributed by atoms with van der Waals surface area (Å²) in [5.41, 5.74) is 1.20. The Hall–Kier alpha value is -4.54. The van der Waals surface area contributed by atoms with Crippen LogP contribution in [0.25, 0.3) is 43.1 Å². The van der Waals surface area contributed by atoms with Crippen LogP contribution in [-0.4, -0.2) is 44.6 Å². The van der Waals surface area contributed by atoms with E-state index in [1.807, 2.05) is 0 Å². The number of hydrogen-bond donors (Lipinski definition) is 4. The quantitative estimate of drug-likeness (QED) is 0.181. The van der Waals surface area contributed by atoms with Crippen LogP contribution < -0.4 is 10.9 Å². The Morgan fingerprint density at radius 3 is 1.40 bits per heavy atom. The van der Waals surface area contributed by atoms with Crippen molar-refractivity contribution in [2.24, 2.45) is 0 Å². The molecule has 0 bridgehead atoms. The summed E-state index contributed by atoms with van der Waals surface area (Å²) in [6.07, 6.45) is -3.07. The maximum absolute atomic E-state index is 13.4. The van der Waals surface area contributed by atoms with Gasteiger partial charge in [0.05, 0.1) is 48.0 Å². The third-order valence-corrected chi connectivity index (χ3v) is 8.88. The average molecular weight is 571 g/mol. The fraction of sp³-hybridized carbons (Fsp3) is 0.312. The standard InChI is InChI=1S/C32H26O10/c1-11-23-17(7-13(41-11)9-21(35)36)25-15-3-6-20(34)30-28(15)26(16-4-5-19(33)29(27(16)25)31(23)39)18-8-14(10-22(37)38)42-12(2)24(18)32(30)40/h3-6,11-14,39-40H,7-10H2,1-2H3,(H,35,36)(H,37,38)/t11-,12-,13+,14+/m1/s1. The molecule has 2 aliphatic rings. The molecule has 214 valence electrons. The van der Waals surface area contributed by atoms with E-state index in [1.165, 1.54) is 12.1 Å². The number of phenols is 2. The van der Waals surface area contributed by atoms with Gasteiger partial charge in [-0.3, -0.25) is 19.2 Å². The van der Waals surface area contributed by atoms with Gasteiger partial charge in [0, 0.05) is 34.7 Å². The first-order valence-corrected chi connectivity index (χ1v) is 13.8. The first-order valence-electron chi connectivity index (χ1n) is 13.8. The van der Waals surface area contributed by atoms with E-state index in [2.05, 4.69) is 0 Å². The highest BCUT2D eigenvalue weighted by atomic mass is 16.5. The van der Waals surface area contributed by atoms with E-state index in [9.17, 15) is 39.6 Å². The molecular weight excluding hydrogens is 544 g/mol. The highest BCUT2D eigenvalue weighted by Gasteiger charge is 2.37. The highest BCUT2D eigenvalue weighted by molar-refractivity contribution is 6.35. The third-order valence-electron chi connectivity index (χ3n) is 8.88. The summed E-state index contributed by atoms with van der Waals surface area (Å²) in [4.78, 5) is 49.9. The Kier molecular flexibility index (Phi) is 5.64. The maximum Gasteiger partial charge on any atom is 0.305 e. The van der Waals surface area contributed by atoms with Crippen molar-refractivity contribution >= 4 is 55.0 Å². The van der Waals surface area contributed by atoms with Crippen molar-refractivity contribution in [2.75, 3.05) is 0 Å². The predicted molar refractivity (Wildman–Crippen MR) is 153 cm³/mol. The lowest BCUT2D eigenvalue weighted by atomic mass is 9.78. The van der Waals surface area contributed by atoms with Crippen molar-refractivity contribution in [3.8, 4) is 11.5 Å². The lowest BCUT2D eigenvalue weighted by Crippen LogP contribution is -2.28. The molecule has 0 amide bonds. The Labute approximate surface area is 237 Å². The summed E-state index contributed by atoms with van der Waals surface area (Å²) in [6.45, 7) is 3.39. The summed E-state index contributed by atoms with van der Waals surface area (Å²) < 4.78 is 11.9. The summed E-state index contributed by atoms with van der Waals surface area (Å²) >= 11 is 0. The van der Waals surface area contributed by atoms with Gasteiger partial charge in [-0.1, -0.05) is 0 Å². The van der Waals surface area contributed by atoms with Crippen molar-refractivity contribution in [2.45, 2.75) is 63.9 Å². The molecule has 5 aromatic carbocycles. The van der Waals surface area contributed by atoms with E-state index in [4.69, 9.17) is 9.47 Å². The number of rotatable bonds is 4. The van der Waals surface area contributed by atoms with Crippen molar-refractivity contribution in [3.05, 3.63) is 67.0 Å². The van der Waals surface area contributed by atoms with Crippen LogP contribution in [0.2, 0.25) is 0 Å². The van der Waals surface area contributed by atoms with Gasteiger partial charge < -0.3 is 29.9 Å². The monoisotopic (exact) mass is 570 g/mol. The van der Waals surface area contributed by atoms with E-state index < -0.39 is 47.2 Å². The van der Waals surface area contributed by atoms with Crippen LogP contribution >= 0.6 is 0 Å². The minimum atomic E-state index is -1.04. The molecule has 0 fully saturated rings. The van der Waals surface area contributed by atoms with E-state index in [0.29, 0.717) is 54.6 Å². The molecule has 0 aliphatic carbocycles. The van der Waals surface area contributed by atoms with Gasteiger partial charge >= 0.3 is 11.9 Å². The van der Waals surface area contributed by atoms with E-state index in [-0.39, 0.29) is 48.0 Å². The van der Waals surface area contributed by atoms with E-state index in [0.717, 1.165) is 0 Å². The molecule has 0 saturated carbocycles. The second-order valence-electron chi connectivity index (χ2n) is 11.4. The largest absolute Gasteiger partial charge is 0.507 e. The number of carboxylic acid groups (broad SMARTS) is 2. The van der Waals surface area contributed by atoms with Crippen LogP contribution in [0.15, 0.2) is 33.9 Å². The topological polar surface area (TPSA) is 168 Å². The van der Waals surface area contributed by atoms with Gasteiger partial charge in [0.25, 0.3) is 0 Å². The number of hydrogen-bond acceptors (Lipinski definition) is 8. The Balaban J connectivity index is 1.72. The van der Waals surface area contributed by atoms with Gasteiger partial charge in [-0.25, -0.2) is 0 Å².